The number of fused-ring (bicyclic) bond motifs is 1. The number of carbonyl (C=O) groups is 1. The molecule has 0 radical (unpaired) electrons. The number of aliphatic hydroxyl groups is 1. The lowest BCUT2D eigenvalue weighted by Gasteiger charge is -2.22. The summed E-state index contributed by atoms with van der Waals surface area (Å²) in [4.78, 5) is 11.6. The fraction of sp³-hybridized carbons (Fsp3) is 0.533. The Morgan fingerprint density at radius 3 is 2.89 bits per heavy atom. The Morgan fingerprint density at radius 1 is 1.37 bits per heavy atom. The summed E-state index contributed by atoms with van der Waals surface area (Å²) < 4.78 is 10.5. The first-order valence-corrected chi connectivity index (χ1v) is 6.81. The molecule has 1 unspecified atom stereocenters. The molecule has 0 amide bonds. The highest BCUT2D eigenvalue weighted by Crippen LogP contribution is 2.30. The summed E-state index contributed by atoms with van der Waals surface area (Å²) >= 11 is 0. The number of esters is 1. The van der Waals surface area contributed by atoms with Gasteiger partial charge in [-0.05, 0) is 49.8 Å². The van der Waals surface area contributed by atoms with Gasteiger partial charge in [0.2, 0.25) is 6.10 Å². The lowest BCUT2D eigenvalue weighted by Crippen LogP contribution is -2.33. The molecule has 0 fully saturated rings. The highest BCUT2D eigenvalue weighted by Gasteiger charge is 2.23. The molecule has 1 N–H and O–H groups in total. The minimum Gasteiger partial charge on any atom is -0.476 e. The van der Waals surface area contributed by atoms with Crippen LogP contribution in [0.5, 0.6) is 5.75 Å². The second kappa shape index (κ2) is 6.57. The third-order valence-electron chi connectivity index (χ3n) is 3.34. The number of ether oxygens (including phenoxy) is 2. The summed E-state index contributed by atoms with van der Waals surface area (Å²) in [7, 11) is 0. The average Bonchev–Trinajstić information content (AvgIpc) is 2.45. The number of carbonyl (C=O) groups excluding carboxylic acids is 1. The molecule has 4 heteroatoms. The van der Waals surface area contributed by atoms with Gasteiger partial charge in [0.25, 0.3) is 0 Å². The second-order valence-corrected chi connectivity index (χ2v) is 4.64. The van der Waals surface area contributed by atoms with Gasteiger partial charge >= 0.3 is 5.97 Å². The Kier molecular flexibility index (Phi) is 4.80. The number of hydrogen-bond acceptors (Lipinski definition) is 4. The van der Waals surface area contributed by atoms with Gasteiger partial charge in [-0.15, -0.1) is 0 Å². The minimum atomic E-state index is -0.937. The molecule has 1 aromatic carbocycles. The van der Waals surface area contributed by atoms with E-state index in [-0.39, 0.29) is 13.2 Å². The molecule has 1 aliphatic carbocycles. The molecule has 0 spiro atoms. The predicted octanol–water partition coefficient (Wildman–Crippen LogP) is 1.87. The first kappa shape index (κ1) is 13.9. The van der Waals surface area contributed by atoms with Crippen molar-refractivity contribution >= 4 is 5.97 Å². The summed E-state index contributed by atoms with van der Waals surface area (Å²) in [5, 5.41) is 9.26. The first-order valence-electron chi connectivity index (χ1n) is 6.81. The summed E-state index contributed by atoms with van der Waals surface area (Å²) in [6.45, 7) is 1.64. The van der Waals surface area contributed by atoms with Crippen molar-refractivity contribution < 1.29 is 19.4 Å². The molecule has 1 atom stereocenters. The van der Waals surface area contributed by atoms with E-state index in [1.807, 2.05) is 12.1 Å². The Morgan fingerprint density at radius 2 is 2.16 bits per heavy atom. The van der Waals surface area contributed by atoms with Crippen LogP contribution in [0.25, 0.3) is 0 Å². The van der Waals surface area contributed by atoms with Crippen LogP contribution >= 0.6 is 0 Å². The van der Waals surface area contributed by atoms with Crippen molar-refractivity contribution in [2.45, 2.75) is 38.7 Å². The van der Waals surface area contributed by atoms with Gasteiger partial charge in [0.15, 0.2) is 0 Å². The third-order valence-corrected chi connectivity index (χ3v) is 3.34. The van der Waals surface area contributed by atoms with E-state index in [1.165, 1.54) is 12.0 Å². The zero-order chi connectivity index (χ0) is 13.7. The van der Waals surface area contributed by atoms with E-state index in [0.717, 1.165) is 24.8 Å². The van der Waals surface area contributed by atoms with E-state index in [1.54, 1.807) is 6.92 Å². The molecular weight excluding hydrogens is 244 g/mol. The van der Waals surface area contributed by atoms with Gasteiger partial charge < -0.3 is 14.6 Å². The predicted molar refractivity (Wildman–Crippen MR) is 71.2 cm³/mol. The van der Waals surface area contributed by atoms with Crippen LogP contribution in [0.1, 0.15) is 30.9 Å². The standard InChI is InChI=1S/C15H20O4/c1-2-18-15(17)14(10-16)19-13-9-5-7-11-6-3-4-8-12(11)13/h5,7,9,14,16H,2-4,6,8,10H2,1H3. The molecule has 0 aromatic heterocycles. The fourth-order valence-corrected chi connectivity index (χ4v) is 2.41. The Hall–Kier alpha value is -1.55. The highest BCUT2D eigenvalue weighted by atomic mass is 16.6. The average molecular weight is 264 g/mol. The molecule has 19 heavy (non-hydrogen) atoms. The molecule has 4 nitrogen and oxygen atoms in total. The summed E-state index contributed by atoms with van der Waals surface area (Å²) in [6, 6.07) is 5.88. The number of benzene rings is 1. The quantitative estimate of drug-likeness (QED) is 0.825. The molecule has 0 saturated carbocycles. The molecule has 0 aliphatic heterocycles. The van der Waals surface area contributed by atoms with Gasteiger partial charge in [-0.25, -0.2) is 4.79 Å². The number of aliphatic hydroxyl groups excluding tert-OH is 1. The molecule has 0 saturated heterocycles. The smallest absolute Gasteiger partial charge is 0.349 e. The van der Waals surface area contributed by atoms with Crippen molar-refractivity contribution in [1.82, 2.24) is 0 Å². The summed E-state index contributed by atoms with van der Waals surface area (Å²) in [5.74, 6) is 0.183. The lowest BCUT2D eigenvalue weighted by molar-refractivity contribution is -0.153. The lowest BCUT2D eigenvalue weighted by atomic mass is 9.91. The van der Waals surface area contributed by atoms with Gasteiger partial charge in [0.05, 0.1) is 13.2 Å². The van der Waals surface area contributed by atoms with E-state index in [4.69, 9.17) is 9.47 Å². The van der Waals surface area contributed by atoms with Gasteiger partial charge in [-0.2, -0.15) is 0 Å². The molecule has 2 rings (SSSR count). The van der Waals surface area contributed by atoms with Crippen molar-refractivity contribution in [3.8, 4) is 5.75 Å². The maximum absolute atomic E-state index is 11.6. The topological polar surface area (TPSA) is 55.8 Å². The first-order chi connectivity index (χ1) is 9.26. The second-order valence-electron chi connectivity index (χ2n) is 4.64. The minimum absolute atomic E-state index is 0.283. The molecule has 0 bridgehead atoms. The van der Waals surface area contributed by atoms with Crippen LogP contribution in [0.2, 0.25) is 0 Å². The fourth-order valence-electron chi connectivity index (χ4n) is 2.41. The molecule has 1 aliphatic rings. The highest BCUT2D eigenvalue weighted by molar-refractivity contribution is 5.75. The number of aryl methyl sites for hydroxylation is 1. The maximum Gasteiger partial charge on any atom is 0.349 e. The van der Waals surface area contributed by atoms with Crippen LogP contribution in [-0.2, 0) is 22.4 Å². The SMILES string of the molecule is CCOC(=O)C(CO)Oc1cccc2c1CCCC2. The number of rotatable bonds is 5. The Balaban J connectivity index is 2.15. The van der Waals surface area contributed by atoms with Gasteiger partial charge in [-0.1, -0.05) is 12.1 Å². The number of hydrogen-bond donors (Lipinski definition) is 1. The van der Waals surface area contributed by atoms with Crippen molar-refractivity contribution in [1.29, 1.82) is 0 Å². The zero-order valence-corrected chi connectivity index (χ0v) is 11.2. The van der Waals surface area contributed by atoms with Crippen LogP contribution in [0.15, 0.2) is 18.2 Å². The Labute approximate surface area is 113 Å². The van der Waals surface area contributed by atoms with E-state index in [9.17, 15) is 9.90 Å². The van der Waals surface area contributed by atoms with Gasteiger partial charge in [-0.3, -0.25) is 0 Å². The zero-order valence-electron chi connectivity index (χ0n) is 11.2. The van der Waals surface area contributed by atoms with E-state index >= 15 is 0 Å². The van der Waals surface area contributed by atoms with Crippen molar-refractivity contribution in [2.75, 3.05) is 13.2 Å². The van der Waals surface area contributed by atoms with E-state index in [2.05, 4.69) is 6.07 Å². The molecule has 104 valence electrons. The van der Waals surface area contributed by atoms with Crippen molar-refractivity contribution in [2.24, 2.45) is 0 Å². The molecule has 1 aromatic rings. The van der Waals surface area contributed by atoms with Gasteiger partial charge in [0.1, 0.15) is 5.75 Å². The van der Waals surface area contributed by atoms with Crippen LogP contribution in [0, 0.1) is 0 Å². The van der Waals surface area contributed by atoms with Crippen molar-refractivity contribution in [3.63, 3.8) is 0 Å². The van der Waals surface area contributed by atoms with Crippen molar-refractivity contribution in [3.05, 3.63) is 29.3 Å². The largest absolute Gasteiger partial charge is 0.476 e. The Bertz CT molecular complexity index is 442. The monoisotopic (exact) mass is 264 g/mol. The van der Waals surface area contributed by atoms with E-state index in [0.29, 0.717) is 5.75 Å². The van der Waals surface area contributed by atoms with Crippen LogP contribution in [-0.4, -0.2) is 30.4 Å². The normalized spacial score (nSPS) is 15.5. The van der Waals surface area contributed by atoms with Crippen LogP contribution < -0.4 is 4.74 Å². The maximum atomic E-state index is 11.6. The van der Waals surface area contributed by atoms with Crippen LogP contribution in [0.3, 0.4) is 0 Å². The third kappa shape index (κ3) is 3.26. The van der Waals surface area contributed by atoms with Crippen LogP contribution in [0.4, 0.5) is 0 Å². The van der Waals surface area contributed by atoms with E-state index < -0.39 is 12.1 Å². The summed E-state index contributed by atoms with van der Waals surface area (Å²) in [6.07, 6.45) is 3.41. The molecular formula is C15H20O4. The molecule has 0 heterocycles. The summed E-state index contributed by atoms with van der Waals surface area (Å²) in [5.41, 5.74) is 2.45. The van der Waals surface area contributed by atoms with Gasteiger partial charge in [0, 0.05) is 0 Å².